The molecule has 3 heteroatoms. The first-order valence-corrected chi connectivity index (χ1v) is 4.38. The van der Waals surface area contributed by atoms with Crippen molar-refractivity contribution >= 4 is 5.78 Å². The first-order valence-electron chi connectivity index (χ1n) is 4.38. The Morgan fingerprint density at radius 2 is 2.25 bits per heavy atom. The summed E-state index contributed by atoms with van der Waals surface area (Å²) >= 11 is 0. The maximum atomic E-state index is 11.4. The van der Waals surface area contributed by atoms with Crippen LogP contribution in [0.2, 0.25) is 0 Å². The summed E-state index contributed by atoms with van der Waals surface area (Å²) in [7, 11) is 1.94. The lowest BCUT2D eigenvalue weighted by Crippen LogP contribution is -2.43. The highest BCUT2D eigenvalue weighted by molar-refractivity contribution is 5.84. The van der Waals surface area contributed by atoms with Crippen molar-refractivity contribution in [3.63, 3.8) is 0 Å². The molecule has 0 aromatic carbocycles. The third-order valence-corrected chi connectivity index (χ3v) is 2.63. The van der Waals surface area contributed by atoms with Crippen LogP contribution in [0.5, 0.6) is 0 Å². The molecule has 0 aromatic rings. The first kappa shape index (κ1) is 9.68. The molecule has 0 radical (unpaired) electrons. The summed E-state index contributed by atoms with van der Waals surface area (Å²) in [6.45, 7) is 6.39. The van der Waals surface area contributed by atoms with Crippen LogP contribution in [0.3, 0.4) is 0 Å². The number of ether oxygens (including phenoxy) is 1. The summed E-state index contributed by atoms with van der Waals surface area (Å²) in [5.41, 5.74) is -0.282. The Morgan fingerprint density at radius 1 is 1.67 bits per heavy atom. The second-order valence-electron chi connectivity index (χ2n) is 3.70. The lowest BCUT2D eigenvalue weighted by molar-refractivity contribution is -0.123. The third kappa shape index (κ3) is 1.52. The van der Waals surface area contributed by atoms with Crippen LogP contribution in [-0.4, -0.2) is 36.1 Å². The molecule has 12 heavy (non-hydrogen) atoms. The number of carbonyl (C=O) groups is 1. The molecule has 1 heterocycles. The Morgan fingerprint density at radius 3 is 2.58 bits per heavy atom. The molecule has 1 saturated heterocycles. The molecule has 0 aliphatic carbocycles. The normalized spacial score (nSPS) is 29.2. The zero-order valence-corrected chi connectivity index (χ0v) is 8.26. The maximum Gasteiger partial charge on any atom is 0.152 e. The van der Waals surface area contributed by atoms with Gasteiger partial charge in [0.05, 0.1) is 12.6 Å². The molecule has 3 nitrogen and oxygen atoms in total. The van der Waals surface area contributed by atoms with Crippen LogP contribution < -0.4 is 0 Å². The predicted octanol–water partition coefficient (Wildman–Crippen LogP) is 1.03. The summed E-state index contributed by atoms with van der Waals surface area (Å²) in [6, 6.07) is -0.0370. The molecule has 1 atom stereocenters. The molecule has 70 valence electrons. The highest BCUT2D eigenvalue weighted by Gasteiger charge is 2.40. The number of nitrogens with zero attached hydrogens (tertiary/aromatic N) is 1. The molecule has 1 aliphatic heterocycles. The number of hydrogen-bond acceptors (Lipinski definition) is 3. The van der Waals surface area contributed by atoms with Crippen LogP contribution in [0.4, 0.5) is 0 Å². The van der Waals surface area contributed by atoms with E-state index in [0.29, 0.717) is 13.0 Å². The molecular formula is C9H17NO2. The van der Waals surface area contributed by atoms with Gasteiger partial charge in [0.25, 0.3) is 0 Å². The van der Waals surface area contributed by atoms with Crippen LogP contribution in [0.1, 0.15) is 27.2 Å². The highest BCUT2D eigenvalue weighted by atomic mass is 16.5. The van der Waals surface area contributed by atoms with Gasteiger partial charge in [-0.2, -0.15) is 0 Å². The molecule has 1 aliphatic rings. The number of hydrogen-bond donors (Lipinski definition) is 0. The van der Waals surface area contributed by atoms with Crippen molar-refractivity contribution in [3.8, 4) is 0 Å². The fourth-order valence-corrected chi connectivity index (χ4v) is 1.42. The number of carbonyl (C=O) groups excluding carboxylic acids is 1. The molecule has 1 fully saturated rings. The van der Waals surface area contributed by atoms with E-state index < -0.39 is 0 Å². The standard InChI is InChI=1S/C9H17NO2/c1-5-8(11)7-6-12-9(2,3)10(7)4/h7H,5-6H2,1-4H3. The average molecular weight is 171 g/mol. The van der Waals surface area contributed by atoms with Gasteiger partial charge in [-0.3, -0.25) is 9.69 Å². The smallest absolute Gasteiger partial charge is 0.152 e. The summed E-state index contributed by atoms with van der Waals surface area (Å²) in [6.07, 6.45) is 0.592. The van der Waals surface area contributed by atoms with Gasteiger partial charge in [-0.1, -0.05) is 6.92 Å². The van der Waals surface area contributed by atoms with E-state index in [4.69, 9.17) is 4.74 Å². The van der Waals surface area contributed by atoms with Crippen LogP contribution >= 0.6 is 0 Å². The van der Waals surface area contributed by atoms with Gasteiger partial charge in [0.15, 0.2) is 5.78 Å². The number of rotatable bonds is 2. The van der Waals surface area contributed by atoms with E-state index in [1.807, 2.05) is 32.7 Å². The van der Waals surface area contributed by atoms with Crippen molar-refractivity contribution in [2.75, 3.05) is 13.7 Å². The second kappa shape index (κ2) is 3.15. The average Bonchev–Trinajstić information content (AvgIpc) is 2.27. The van der Waals surface area contributed by atoms with Crippen LogP contribution in [-0.2, 0) is 9.53 Å². The van der Waals surface area contributed by atoms with E-state index in [9.17, 15) is 4.79 Å². The zero-order chi connectivity index (χ0) is 9.35. The van der Waals surface area contributed by atoms with E-state index in [1.54, 1.807) is 0 Å². The van der Waals surface area contributed by atoms with Gasteiger partial charge in [0, 0.05) is 6.42 Å². The summed E-state index contributed by atoms with van der Waals surface area (Å²) in [5, 5.41) is 0. The quantitative estimate of drug-likeness (QED) is 0.621. The van der Waals surface area contributed by atoms with E-state index in [2.05, 4.69) is 0 Å². The minimum Gasteiger partial charge on any atom is -0.359 e. The molecular weight excluding hydrogens is 154 g/mol. The van der Waals surface area contributed by atoms with Gasteiger partial charge < -0.3 is 4.74 Å². The highest BCUT2D eigenvalue weighted by Crippen LogP contribution is 2.25. The SMILES string of the molecule is CCC(=O)C1COC(C)(C)N1C. The topological polar surface area (TPSA) is 29.5 Å². The van der Waals surface area contributed by atoms with Gasteiger partial charge >= 0.3 is 0 Å². The lowest BCUT2D eigenvalue weighted by atomic mass is 10.1. The largest absolute Gasteiger partial charge is 0.359 e. The van der Waals surface area contributed by atoms with Crippen molar-refractivity contribution in [1.29, 1.82) is 0 Å². The van der Waals surface area contributed by atoms with Crippen LogP contribution in [0.25, 0.3) is 0 Å². The fourth-order valence-electron chi connectivity index (χ4n) is 1.42. The Bertz CT molecular complexity index is 189. The zero-order valence-electron chi connectivity index (χ0n) is 8.26. The predicted molar refractivity (Wildman–Crippen MR) is 46.9 cm³/mol. The van der Waals surface area contributed by atoms with Crippen LogP contribution in [0, 0.1) is 0 Å². The maximum absolute atomic E-state index is 11.4. The van der Waals surface area contributed by atoms with E-state index in [1.165, 1.54) is 0 Å². The van der Waals surface area contributed by atoms with Crippen molar-refractivity contribution in [3.05, 3.63) is 0 Å². The monoisotopic (exact) mass is 171 g/mol. The first-order chi connectivity index (χ1) is 5.49. The third-order valence-electron chi connectivity index (χ3n) is 2.63. The summed E-state index contributed by atoms with van der Waals surface area (Å²) in [4.78, 5) is 13.4. The van der Waals surface area contributed by atoms with Gasteiger partial charge in [0.1, 0.15) is 5.72 Å². The Hall–Kier alpha value is -0.410. The molecule has 0 bridgehead atoms. The molecule has 0 amide bonds. The van der Waals surface area contributed by atoms with Crippen molar-refractivity contribution < 1.29 is 9.53 Å². The molecule has 0 aromatic heterocycles. The van der Waals surface area contributed by atoms with Crippen molar-refractivity contribution in [2.45, 2.75) is 39.0 Å². The molecule has 1 rings (SSSR count). The summed E-state index contributed by atoms with van der Waals surface area (Å²) < 4.78 is 5.49. The number of likely N-dealkylation sites (N-methyl/N-ethyl adjacent to an activating group) is 1. The molecule has 1 unspecified atom stereocenters. The van der Waals surface area contributed by atoms with E-state index in [-0.39, 0.29) is 17.6 Å². The Balaban J connectivity index is 2.67. The van der Waals surface area contributed by atoms with Gasteiger partial charge in [-0.25, -0.2) is 0 Å². The Kier molecular flexibility index (Phi) is 2.54. The molecule has 0 N–H and O–H groups in total. The number of ketones is 1. The summed E-state index contributed by atoms with van der Waals surface area (Å²) in [5.74, 6) is 0.267. The molecule has 0 saturated carbocycles. The van der Waals surface area contributed by atoms with Crippen molar-refractivity contribution in [1.82, 2.24) is 4.90 Å². The van der Waals surface area contributed by atoms with Gasteiger partial charge in [-0.05, 0) is 20.9 Å². The van der Waals surface area contributed by atoms with E-state index in [0.717, 1.165) is 0 Å². The minimum absolute atomic E-state index is 0.0370. The second-order valence-corrected chi connectivity index (χ2v) is 3.70. The van der Waals surface area contributed by atoms with Gasteiger partial charge in [-0.15, -0.1) is 0 Å². The fraction of sp³-hybridized carbons (Fsp3) is 0.889. The molecule has 0 spiro atoms. The van der Waals surface area contributed by atoms with Crippen LogP contribution in [0.15, 0.2) is 0 Å². The van der Waals surface area contributed by atoms with E-state index >= 15 is 0 Å². The lowest BCUT2D eigenvalue weighted by Gasteiger charge is -2.28. The number of Topliss-reactive ketones (excluding diaryl/α,β-unsaturated/α-hetero) is 1. The Labute approximate surface area is 73.7 Å². The van der Waals surface area contributed by atoms with Crippen molar-refractivity contribution in [2.24, 2.45) is 0 Å². The minimum atomic E-state index is -0.282. The van der Waals surface area contributed by atoms with Gasteiger partial charge in [0.2, 0.25) is 0 Å².